The summed E-state index contributed by atoms with van der Waals surface area (Å²) in [5, 5.41) is 8.73. The Kier molecular flexibility index (Phi) is 5.95. The first-order valence-electron chi connectivity index (χ1n) is 7.90. The Bertz CT molecular complexity index is 711. The molecule has 0 atom stereocenters. The second-order valence-corrected chi connectivity index (χ2v) is 7.74. The van der Waals surface area contributed by atoms with Gasteiger partial charge in [0.1, 0.15) is 0 Å². The summed E-state index contributed by atoms with van der Waals surface area (Å²) in [6.45, 7) is 0.936. The minimum atomic E-state index is -3.73. The molecule has 0 aromatic heterocycles. The van der Waals surface area contributed by atoms with Gasteiger partial charge in [-0.3, -0.25) is 9.59 Å². The number of nitrogens with zero attached hydrogens (tertiary/aromatic N) is 2. The Morgan fingerprint density at radius 1 is 1.17 bits per heavy atom. The third-order valence-electron chi connectivity index (χ3n) is 4.06. The maximum Gasteiger partial charge on any atom is 0.305 e. The van der Waals surface area contributed by atoms with Gasteiger partial charge >= 0.3 is 5.97 Å². The van der Waals surface area contributed by atoms with Crippen molar-refractivity contribution in [3.8, 4) is 0 Å². The van der Waals surface area contributed by atoms with Crippen LogP contribution < -0.4 is 0 Å². The van der Waals surface area contributed by atoms with Crippen LogP contribution in [0.2, 0.25) is 0 Å². The Balaban J connectivity index is 2.29. The summed E-state index contributed by atoms with van der Waals surface area (Å²) in [6.07, 6.45) is 2.44. The lowest BCUT2D eigenvalue weighted by atomic mass is 10.2. The van der Waals surface area contributed by atoms with Crippen molar-refractivity contribution < 1.29 is 23.1 Å². The van der Waals surface area contributed by atoms with Crippen molar-refractivity contribution in [1.82, 2.24) is 9.21 Å². The molecule has 24 heavy (non-hydrogen) atoms. The van der Waals surface area contributed by atoms with E-state index in [0.29, 0.717) is 13.1 Å². The van der Waals surface area contributed by atoms with Crippen molar-refractivity contribution in [2.75, 3.05) is 26.7 Å². The first kappa shape index (κ1) is 18.4. The van der Waals surface area contributed by atoms with E-state index in [1.807, 2.05) is 0 Å². The number of carbonyl (C=O) groups excluding carboxylic acids is 1. The second-order valence-electron chi connectivity index (χ2n) is 5.83. The summed E-state index contributed by atoms with van der Waals surface area (Å²) in [5.41, 5.74) is 0.0796. The summed E-state index contributed by atoms with van der Waals surface area (Å²) in [5.74, 6) is -1.50. The average Bonchev–Trinajstić information content (AvgIpc) is 2.59. The number of sulfonamides is 1. The molecular formula is C16H22N2O5S. The van der Waals surface area contributed by atoms with Crippen molar-refractivity contribution >= 4 is 21.9 Å². The van der Waals surface area contributed by atoms with Gasteiger partial charge in [-0.15, -0.1) is 0 Å². The van der Waals surface area contributed by atoms with Crippen molar-refractivity contribution in [2.45, 2.75) is 30.6 Å². The molecule has 2 rings (SSSR count). The van der Waals surface area contributed by atoms with Gasteiger partial charge in [-0.05, 0) is 25.0 Å². The number of amides is 1. The number of aliphatic carboxylic acids is 1. The van der Waals surface area contributed by atoms with Gasteiger partial charge in [0.05, 0.1) is 16.9 Å². The summed E-state index contributed by atoms with van der Waals surface area (Å²) >= 11 is 0. The third-order valence-corrected chi connectivity index (χ3v) is 6.01. The van der Waals surface area contributed by atoms with E-state index < -0.39 is 21.9 Å². The number of carbonyl (C=O) groups is 2. The van der Waals surface area contributed by atoms with Crippen LogP contribution in [-0.4, -0.2) is 61.3 Å². The highest BCUT2D eigenvalue weighted by Crippen LogP contribution is 2.24. The fourth-order valence-corrected chi connectivity index (χ4v) is 4.38. The summed E-state index contributed by atoms with van der Waals surface area (Å²) < 4.78 is 27.1. The van der Waals surface area contributed by atoms with Gasteiger partial charge in [0.2, 0.25) is 10.0 Å². The van der Waals surface area contributed by atoms with Gasteiger partial charge < -0.3 is 10.0 Å². The Morgan fingerprint density at radius 2 is 1.79 bits per heavy atom. The van der Waals surface area contributed by atoms with Crippen LogP contribution in [-0.2, 0) is 14.8 Å². The van der Waals surface area contributed by atoms with Crippen molar-refractivity contribution in [2.24, 2.45) is 0 Å². The topological polar surface area (TPSA) is 95.0 Å². The largest absolute Gasteiger partial charge is 0.481 e. The van der Waals surface area contributed by atoms with Crippen LogP contribution in [0, 0.1) is 0 Å². The number of carboxylic acids is 1. The van der Waals surface area contributed by atoms with Crippen molar-refractivity contribution in [1.29, 1.82) is 0 Å². The van der Waals surface area contributed by atoms with E-state index in [2.05, 4.69) is 0 Å². The van der Waals surface area contributed by atoms with Gasteiger partial charge in [0.25, 0.3) is 5.91 Å². The summed E-state index contributed by atoms with van der Waals surface area (Å²) in [7, 11) is -2.27. The van der Waals surface area contributed by atoms with Crippen LogP contribution >= 0.6 is 0 Å². The molecule has 0 spiro atoms. The van der Waals surface area contributed by atoms with Crippen LogP contribution in [0.1, 0.15) is 36.0 Å². The predicted octanol–water partition coefficient (Wildman–Crippen LogP) is 1.41. The molecular weight excluding hydrogens is 332 g/mol. The fraction of sp³-hybridized carbons (Fsp3) is 0.500. The highest BCUT2D eigenvalue weighted by molar-refractivity contribution is 7.89. The molecule has 0 saturated carbocycles. The first-order valence-corrected chi connectivity index (χ1v) is 9.34. The molecule has 1 heterocycles. The Morgan fingerprint density at radius 3 is 2.42 bits per heavy atom. The predicted molar refractivity (Wildman–Crippen MR) is 88.3 cm³/mol. The van der Waals surface area contributed by atoms with E-state index in [0.717, 1.165) is 19.3 Å². The molecule has 1 aromatic carbocycles. The molecule has 0 aliphatic carbocycles. The van der Waals surface area contributed by atoms with Gasteiger partial charge in [0.15, 0.2) is 0 Å². The molecule has 1 aliphatic rings. The van der Waals surface area contributed by atoms with Crippen molar-refractivity contribution in [3.63, 3.8) is 0 Å². The lowest BCUT2D eigenvalue weighted by Crippen LogP contribution is -2.37. The lowest BCUT2D eigenvalue weighted by molar-refractivity contribution is -0.137. The van der Waals surface area contributed by atoms with E-state index in [1.165, 1.54) is 28.4 Å². The van der Waals surface area contributed by atoms with Gasteiger partial charge in [0, 0.05) is 26.7 Å². The first-order chi connectivity index (χ1) is 11.3. The molecule has 1 aliphatic heterocycles. The summed E-state index contributed by atoms with van der Waals surface area (Å²) in [4.78, 5) is 24.4. The van der Waals surface area contributed by atoms with E-state index in [1.54, 1.807) is 12.1 Å². The van der Waals surface area contributed by atoms with E-state index in [-0.39, 0.29) is 23.4 Å². The molecule has 1 saturated heterocycles. The molecule has 0 bridgehead atoms. The number of rotatable bonds is 6. The normalized spacial score (nSPS) is 15.9. The number of hydrogen-bond donors (Lipinski definition) is 1. The van der Waals surface area contributed by atoms with Gasteiger partial charge in [-0.25, -0.2) is 8.42 Å². The highest BCUT2D eigenvalue weighted by atomic mass is 32.2. The van der Waals surface area contributed by atoms with Crippen molar-refractivity contribution in [3.05, 3.63) is 29.8 Å². The van der Waals surface area contributed by atoms with Gasteiger partial charge in [-0.1, -0.05) is 18.6 Å². The maximum absolute atomic E-state index is 12.9. The molecule has 132 valence electrons. The molecule has 0 unspecified atom stereocenters. The fourth-order valence-electron chi connectivity index (χ4n) is 2.68. The molecule has 1 aromatic rings. The number of benzene rings is 1. The van der Waals surface area contributed by atoms with Crippen LogP contribution in [0.15, 0.2) is 29.2 Å². The SMILES string of the molecule is CN(CCC(=O)O)C(=O)c1ccccc1S(=O)(=O)N1CCCCC1. The van der Waals surface area contributed by atoms with Crippen LogP contribution in [0.5, 0.6) is 0 Å². The molecule has 1 fully saturated rings. The highest BCUT2D eigenvalue weighted by Gasteiger charge is 2.30. The van der Waals surface area contributed by atoms with Crippen LogP contribution in [0.4, 0.5) is 0 Å². The standard InChI is InChI=1S/C16H22N2O5S/c1-17(12-9-15(19)20)16(21)13-7-3-4-8-14(13)24(22,23)18-10-5-2-6-11-18/h3-4,7-8H,2,5-6,9-12H2,1H3,(H,19,20). The average molecular weight is 354 g/mol. The maximum atomic E-state index is 12.9. The lowest BCUT2D eigenvalue weighted by Gasteiger charge is -2.27. The smallest absolute Gasteiger partial charge is 0.305 e. The monoisotopic (exact) mass is 354 g/mol. The van der Waals surface area contributed by atoms with E-state index in [4.69, 9.17) is 5.11 Å². The number of hydrogen-bond acceptors (Lipinski definition) is 4. The zero-order valence-electron chi connectivity index (χ0n) is 13.6. The minimum absolute atomic E-state index is 0.0147. The zero-order chi connectivity index (χ0) is 17.7. The molecule has 7 nitrogen and oxygen atoms in total. The number of carboxylic acid groups (broad SMARTS) is 1. The molecule has 0 radical (unpaired) electrons. The van der Waals surface area contributed by atoms with E-state index in [9.17, 15) is 18.0 Å². The van der Waals surface area contributed by atoms with E-state index >= 15 is 0 Å². The number of piperidine rings is 1. The van der Waals surface area contributed by atoms with Crippen LogP contribution in [0.3, 0.4) is 0 Å². The Hall–Kier alpha value is -1.93. The zero-order valence-corrected chi connectivity index (χ0v) is 14.5. The van der Waals surface area contributed by atoms with Crippen LogP contribution in [0.25, 0.3) is 0 Å². The Labute approximate surface area is 141 Å². The molecule has 8 heteroatoms. The molecule has 1 N–H and O–H groups in total. The summed E-state index contributed by atoms with van der Waals surface area (Å²) in [6, 6.07) is 6.09. The third kappa shape index (κ3) is 4.12. The molecule has 1 amide bonds. The van der Waals surface area contributed by atoms with Gasteiger partial charge in [-0.2, -0.15) is 4.31 Å². The second kappa shape index (κ2) is 7.76. The minimum Gasteiger partial charge on any atom is -0.481 e. The quantitative estimate of drug-likeness (QED) is 0.833.